The molecule has 2 rings (SSSR count). The fraction of sp³-hybridized carbons (Fsp3) is 0.692. The minimum absolute atomic E-state index is 0.126. The Hall–Kier alpha value is -1.36. The number of nitrogens with two attached hydrogens (primary N) is 1. The van der Waals surface area contributed by atoms with Crippen molar-refractivity contribution in [3.05, 3.63) is 18.0 Å². The van der Waals surface area contributed by atoms with Crippen molar-refractivity contribution < 1.29 is 4.79 Å². The second-order valence-corrected chi connectivity index (χ2v) is 5.46. The number of rotatable bonds is 4. The first-order chi connectivity index (χ1) is 8.59. The summed E-state index contributed by atoms with van der Waals surface area (Å²) in [5.41, 5.74) is 7.04. The Labute approximate surface area is 108 Å². The zero-order valence-electron chi connectivity index (χ0n) is 11.0. The van der Waals surface area contributed by atoms with Gasteiger partial charge < -0.3 is 10.6 Å². The van der Waals surface area contributed by atoms with E-state index in [9.17, 15) is 4.79 Å². The molecule has 0 aliphatic heterocycles. The number of aromatic nitrogens is 2. The first-order valence-corrected chi connectivity index (χ1v) is 6.60. The predicted molar refractivity (Wildman–Crippen MR) is 69.7 cm³/mol. The molecule has 18 heavy (non-hydrogen) atoms. The van der Waals surface area contributed by atoms with E-state index in [1.807, 2.05) is 13.2 Å². The van der Waals surface area contributed by atoms with Crippen LogP contribution in [0.2, 0.25) is 0 Å². The van der Waals surface area contributed by atoms with Crippen LogP contribution in [0.4, 0.5) is 0 Å². The number of H-pyrrole nitrogens is 1. The van der Waals surface area contributed by atoms with Crippen LogP contribution in [0.3, 0.4) is 0 Å². The van der Waals surface area contributed by atoms with Crippen LogP contribution < -0.4 is 5.73 Å². The van der Waals surface area contributed by atoms with Gasteiger partial charge in [-0.2, -0.15) is 5.10 Å². The van der Waals surface area contributed by atoms with Gasteiger partial charge in [0, 0.05) is 37.3 Å². The van der Waals surface area contributed by atoms with E-state index in [1.165, 1.54) is 6.42 Å². The molecule has 0 saturated heterocycles. The summed E-state index contributed by atoms with van der Waals surface area (Å²) in [6.45, 7) is 0.589. The zero-order valence-corrected chi connectivity index (χ0v) is 11.0. The minimum atomic E-state index is -0.278. The molecule has 0 aromatic carbocycles. The molecule has 1 fully saturated rings. The monoisotopic (exact) mass is 250 g/mol. The van der Waals surface area contributed by atoms with Crippen LogP contribution >= 0.6 is 0 Å². The zero-order chi connectivity index (χ0) is 13.0. The van der Waals surface area contributed by atoms with Gasteiger partial charge in [-0.1, -0.05) is 19.3 Å². The number of amides is 1. The van der Waals surface area contributed by atoms with E-state index < -0.39 is 0 Å². The van der Waals surface area contributed by atoms with Gasteiger partial charge in [-0.15, -0.1) is 0 Å². The molecule has 1 saturated carbocycles. The highest BCUT2D eigenvalue weighted by atomic mass is 16.2. The minimum Gasteiger partial charge on any atom is -0.341 e. The number of nitrogens with zero attached hydrogens (tertiary/aromatic N) is 2. The van der Waals surface area contributed by atoms with Crippen molar-refractivity contribution in [1.29, 1.82) is 0 Å². The van der Waals surface area contributed by atoms with E-state index in [0.29, 0.717) is 13.0 Å². The molecule has 1 aliphatic carbocycles. The number of hydrogen-bond donors (Lipinski definition) is 2. The highest BCUT2D eigenvalue weighted by molar-refractivity contribution is 5.77. The highest BCUT2D eigenvalue weighted by Gasteiger charge is 2.31. The van der Waals surface area contributed by atoms with Gasteiger partial charge in [0.05, 0.1) is 6.20 Å². The van der Waals surface area contributed by atoms with E-state index >= 15 is 0 Å². The Morgan fingerprint density at radius 2 is 2.22 bits per heavy atom. The Bertz CT molecular complexity index is 382. The van der Waals surface area contributed by atoms with Gasteiger partial charge in [0.1, 0.15) is 0 Å². The molecule has 1 amide bonds. The Morgan fingerprint density at radius 3 is 2.83 bits per heavy atom. The first kappa shape index (κ1) is 13.1. The van der Waals surface area contributed by atoms with Crippen LogP contribution in [0.25, 0.3) is 0 Å². The lowest BCUT2D eigenvalue weighted by Gasteiger charge is -2.34. The maximum absolute atomic E-state index is 12.2. The lowest BCUT2D eigenvalue weighted by atomic mass is 9.80. The molecule has 100 valence electrons. The molecule has 1 aliphatic rings. The average Bonchev–Trinajstić information content (AvgIpc) is 2.82. The average molecular weight is 250 g/mol. The van der Waals surface area contributed by atoms with Gasteiger partial charge in [-0.3, -0.25) is 9.89 Å². The summed E-state index contributed by atoms with van der Waals surface area (Å²) in [4.78, 5) is 13.9. The predicted octanol–water partition coefficient (Wildman–Crippen LogP) is 1.42. The van der Waals surface area contributed by atoms with E-state index in [-0.39, 0.29) is 11.4 Å². The summed E-state index contributed by atoms with van der Waals surface area (Å²) in [6, 6.07) is 0. The molecule has 0 atom stereocenters. The van der Waals surface area contributed by atoms with Gasteiger partial charge in [-0.25, -0.2) is 0 Å². The number of hydrogen-bond acceptors (Lipinski definition) is 3. The second-order valence-electron chi connectivity index (χ2n) is 5.46. The van der Waals surface area contributed by atoms with Crippen LogP contribution in [0.15, 0.2) is 12.4 Å². The van der Waals surface area contributed by atoms with Gasteiger partial charge in [0.2, 0.25) is 5.91 Å². The maximum Gasteiger partial charge on any atom is 0.224 e. The van der Waals surface area contributed by atoms with Crippen LogP contribution in [0.5, 0.6) is 0 Å². The maximum atomic E-state index is 12.2. The first-order valence-electron chi connectivity index (χ1n) is 6.60. The van der Waals surface area contributed by atoms with Crippen molar-refractivity contribution in [2.75, 3.05) is 7.05 Å². The van der Waals surface area contributed by atoms with Gasteiger partial charge in [0.25, 0.3) is 0 Å². The lowest BCUT2D eigenvalue weighted by Crippen LogP contribution is -2.46. The molecule has 5 heteroatoms. The SMILES string of the molecule is CN(Cc1cn[nH]c1)C(=O)CC1(N)CCCCC1. The highest BCUT2D eigenvalue weighted by Crippen LogP contribution is 2.29. The van der Waals surface area contributed by atoms with E-state index in [1.54, 1.807) is 11.1 Å². The largest absolute Gasteiger partial charge is 0.341 e. The third kappa shape index (κ3) is 3.32. The number of carbonyl (C=O) groups excluding carboxylic acids is 1. The number of aromatic amines is 1. The number of carbonyl (C=O) groups is 1. The van der Waals surface area contributed by atoms with Crippen LogP contribution in [-0.2, 0) is 11.3 Å². The van der Waals surface area contributed by atoms with Crippen molar-refractivity contribution in [2.24, 2.45) is 5.73 Å². The molecule has 0 unspecified atom stereocenters. The summed E-state index contributed by atoms with van der Waals surface area (Å²) in [5, 5.41) is 6.63. The van der Waals surface area contributed by atoms with Crippen LogP contribution in [0.1, 0.15) is 44.1 Å². The normalized spacial score (nSPS) is 18.6. The quantitative estimate of drug-likeness (QED) is 0.848. The van der Waals surface area contributed by atoms with Crippen LogP contribution in [0, 0.1) is 0 Å². The Morgan fingerprint density at radius 1 is 1.50 bits per heavy atom. The van der Waals surface area contributed by atoms with Gasteiger partial charge in [0.15, 0.2) is 0 Å². The molecule has 1 aromatic rings. The fourth-order valence-corrected chi connectivity index (χ4v) is 2.59. The third-order valence-electron chi connectivity index (χ3n) is 3.75. The molecule has 1 aromatic heterocycles. The van der Waals surface area contributed by atoms with Gasteiger partial charge in [-0.05, 0) is 12.8 Å². The Balaban J connectivity index is 1.86. The van der Waals surface area contributed by atoms with Crippen molar-refractivity contribution in [3.8, 4) is 0 Å². The third-order valence-corrected chi connectivity index (χ3v) is 3.75. The summed E-state index contributed by atoms with van der Waals surface area (Å²) >= 11 is 0. The second kappa shape index (κ2) is 5.52. The lowest BCUT2D eigenvalue weighted by molar-refractivity contribution is -0.132. The van der Waals surface area contributed by atoms with Crippen molar-refractivity contribution in [3.63, 3.8) is 0 Å². The molecule has 5 nitrogen and oxygen atoms in total. The van der Waals surface area contributed by atoms with E-state index in [0.717, 1.165) is 31.2 Å². The number of nitrogens with one attached hydrogen (secondary N) is 1. The smallest absolute Gasteiger partial charge is 0.224 e. The van der Waals surface area contributed by atoms with Crippen molar-refractivity contribution in [1.82, 2.24) is 15.1 Å². The molecule has 0 bridgehead atoms. The Kier molecular flexibility index (Phi) is 4.01. The summed E-state index contributed by atoms with van der Waals surface area (Å²) in [6.07, 6.45) is 9.49. The molecule has 3 N–H and O–H groups in total. The summed E-state index contributed by atoms with van der Waals surface area (Å²) in [7, 11) is 1.82. The molecule has 1 heterocycles. The fourth-order valence-electron chi connectivity index (χ4n) is 2.59. The van der Waals surface area contributed by atoms with Crippen LogP contribution in [-0.4, -0.2) is 33.6 Å². The standard InChI is InChI=1S/C13H22N4O/c1-17(10-11-8-15-16-9-11)12(18)7-13(14)5-3-2-4-6-13/h8-9H,2-7,10,14H2,1H3,(H,15,16). The molecular weight excluding hydrogens is 228 g/mol. The summed E-state index contributed by atoms with van der Waals surface area (Å²) < 4.78 is 0. The topological polar surface area (TPSA) is 75.0 Å². The van der Waals surface area contributed by atoms with E-state index in [2.05, 4.69) is 10.2 Å². The summed E-state index contributed by atoms with van der Waals surface area (Å²) in [5.74, 6) is 0.126. The molecular formula is C13H22N4O. The van der Waals surface area contributed by atoms with E-state index in [4.69, 9.17) is 5.73 Å². The van der Waals surface area contributed by atoms with Gasteiger partial charge >= 0.3 is 0 Å². The van der Waals surface area contributed by atoms with Crippen molar-refractivity contribution >= 4 is 5.91 Å². The molecule has 0 radical (unpaired) electrons. The van der Waals surface area contributed by atoms with Crippen molar-refractivity contribution in [2.45, 2.75) is 50.6 Å². The molecule has 0 spiro atoms.